The molecule has 0 radical (unpaired) electrons. The highest BCUT2D eigenvalue weighted by molar-refractivity contribution is 5.96. The lowest BCUT2D eigenvalue weighted by atomic mass is 10.1. The first kappa shape index (κ1) is 14.9. The van der Waals surface area contributed by atoms with Crippen LogP contribution >= 0.6 is 0 Å². The minimum Gasteiger partial charge on any atom is -0.345 e. The Morgan fingerprint density at radius 3 is 2.87 bits per heavy atom. The number of fused-ring (bicyclic) bond motifs is 1. The van der Waals surface area contributed by atoms with Crippen LogP contribution in [-0.4, -0.2) is 32.8 Å². The van der Waals surface area contributed by atoms with E-state index in [-0.39, 0.29) is 16.9 Å². The van der Waals surface area contributed by atoms with E-state index in [1.165, 1.54) is 11.1 Å². The number of amides is 1. The number of aryl methyl sites for hydroxylation is 1. The van der Waals surface area contributed by atoms with Crippen LogP contribution in [0.5, 0.6) is 0 Å². The lowest BCUT2D eigenvalue weighted by Gasteiger charge is -2.16. The summed E-state index contributed by atoms with van der Waals surface area (Å²) in [6.45, 7) is 2.23. The lowest BCUT2D eigenvalue weighted by Crippen LogP contribution is -2.30. The standard InChI is InChI=1S/C17H16N4O2/c1-11-5-6-13-15(22)14(9-19-16(13)20-11)17(23)21(2)10-12-4-3-7-18-8-12/h3-9H,10H2,1-2H3,(H,19,20,22). The molecule has 3 aromatic heterocycles. The molecule has 0 saturated carbocycles. The number of pyridine rings is 3. The van der Waals surface area contributed by atoms with Crippen LogP contribution in [-0.2, 0) is 6.54 Å². The molecule has 6 nitrogen and oxygen atoms in total. The summed E-state index contributed by atoms with van der Waals surface area (Å²) in [6, 6.07) is 7.14. The number of nitrogens with zero attached hydrogens (tertiary/aromatic N) is 3. The number of hydrogen-bond acceptors (Lipinski definition) is 4. The van der Waals surface area contributed by atoms with Crippen LogP contribution in [0.4, 0.5) is 0 Å². The number of hydrogen-bond donors (Lipinski definition) is 1. The van der Waals surface area contributed by atoms with E-state index < -0.39 is 0 Å². The summed E-state index contributed by atoms with van der Waals surface area (Å²) in [5, 5.41) is 0.413. The van der Waals surface area contributed by atoms with E-state index in [4.69, 9.17) is 0 Å². The van der Waals surface area contributed by atoms with Crippen LogP contribution < -0.4 is 5.43 Å². The largest absolute Gasteiger partial charge is 0.345 e. The number of aromatic nitrogens is 3. The number of nitrogens with one attached hydrogen (secondary N) is 1. The maximum absolute atomic E-state index is 12.5. The summed E-state index contributed by atoms with van der Waals surface area (Å²) >= 11 is 0. The van der Waals surface area contributed by atoms with Crippen molar-refractivity contribution in [3.63, 3.8) is 0 Å². The quantitative estimate of drug-likeness (QED) is 0.801. The summed E-state index contributed by atoms with van der Waals surface area (Å²) in [4.78, 5) is 37.8. The Kier molecular flexibility index (Phi) is 3.89. The zero-order valence-corrected chi connectivity index (χ0v) is 12.9. The van der Waals surface area contributed by atoms with Gasteiger partial charge in [-0.25, -0.2) is 4.98 Å². The molecule has 0 aliphatic carbocycles. The molecule has 6 heteroatoms. The molecule has 0 spiro atoms. The van der Waals surface area contributed by atoms with Crippen LogP contribution in [0.2, 0.25) is 0 Å². The average molecular weight is 308 g/mol. The van der Waals surface area contributed by atoms with E-state index >= 15 is 0 Å². The van der Waals surface area contributed by atoms with Crippen LogP contribution in [0, 0.1) is 6.92 Å². The van der Waals surface area contributed by atoms with Crippen LogP contribution in [0.15, 0.2) is 47.7 Å². The summed E-state index contributed by atoms with van der Waals surface area (Å²) < 4.78 is 0. The van der Waals surface area contributed by atoms with Crippen molar-refractivity contribution < 1.29 is 4.79 Å². The molecule has 3 heterocycles. The number of carbonyl (C=O) groups is 1. The van der Waals surface area contributed by atoms with E-state index in [1.807, 2.05) is 19.1 Å². The summed E-state index contributed by atoms with van der Waals surface area (Å²) in [5.41, 5.74) is 1.99. The normalized spacial score (nSPS) is 10.7. The average Bonchev–Trinajstić information content (AvgIpc) is 2.55. The Bertz CT molecular complexity index is 919. The molecular weight excluding hydrogens is 292 g/mol. The topological polar surface area (TPSA) is 79.0 Å². The number of H-pyrrole nitrogens is 1. The minimum absolute atomic E-state index is 0.106. The van der Waals surface area contributed by atoms with E-state index in [9.17, 15) is 9.59 Å². The van der Waals surface area contributed by atoms with Crippen molar-refractivity contribution in [3.05, 3.63) is 69.9 Å². The molecule has 1 N–H and O–H groups in total. The highest BCUT2D eigenvalue weighted by atomic mass is 16.2. The summed E-state index contributed by atoms with van der Waals surface area (Å²) in [6.07, 6.45) is 4.80. The Balaban J connectivity index is 1.93. The van der Waals surface area contributed by atoms with Gasteiger partial charge in [0.05, 0.1) is 5.39 Å². The monoisotopic (exact) mass is 308 g/mol. The van der Waals surface area contributed by atoms with E-state index in [2.05, 4.69) is 15.0 Å². The SMILES string of the molecule is Cc1ccc2c(=O)c(C(=O)N(C)Cc3cccnc3)c[nH]c2n1. The molecule has 0 fully saturated rings. The second kappa shape index (κ2) is 6.00. The Labute approximate surface area is 132 Å². The number of aromatic amines is 1. The van der Waals surface area contributed by atoms with Gasteiger partial charge in [-0.2, -0.15) is 0 Å². The first-order valence-corrected chi connectivity index (χ1v) is 7.19. The smallest absolute Gasteiger partial charge is 0.259 e. The molecule has 23 heavy (non-hydrogen) atoms. The van der Waals surface area contributed by atoms with Crippen LogP contribution in [0.1, 0.15) is 21.6 Å². The zero-order chi connectivity index (χ0) is 16.4. The molecule has 0 aliphatic rings. The van der Waals surface area contributed by atoms with Gasteiger partial charge in [-0.1, -0.05) is 6.07 Å². The molecule has 1 amide bonds. The van der Waals surface area contributed by atoms with Crippen molar-refractivity contribution in [2.75, 3.05) is 7.05 Å². The number of carbonyl (C=O) groups excluding carboxylic acids is 1. The molecule has 0 bridgehead atoms. The predicted octanol–water partition coefficient (Wildman–Crippen LogP) is 1.90. The Hall–Kier alpha value is -3.02. The van der Waals surface area contributed by atoms with E-state index in [0.717, 1.165) is 11.3 Å². The second-order valence-corrected chi connectivity index (χ2v) is 5.40. The second-order valence-electron chi connectivity index (χ2n) is 5.40. The van der Waals surface area contributed by atoms with Gasteiger partial charge in [-0.3, -0.25) is 14.6 Å². The van der Waals surface area contributed by atoms with Gasteiger partial charge in [0.25, 0.3) is 5.91 Å². The minimum atomic E-state index is -0.336. The van der Waals surface area contributed by atoms with Gasteiger partial charge in [0.2, 0.25) is 5.43 Å². The van der Waals surface area contributed by atoms with Gasteiger partial charge >= 0.3 is 0 Å². The molecule has 0 unspecified atom stereocenters. The van der Waals surface area contributed by atoms with E-state index in [1.54, 1.807) is 31.6 Å². The van der Waals surface area contributed by atoms with Crippen LogP contribution in [0.25, 0.3) is 11.0 Å². The van der Waals surface area contributed by atoms with Gasteiger partial charge in [0.1, 0.15) is 11.2 Å². The van der Waals surface area contributed by atoms with Crippen molar-refractivity contribution in [1.29, 1.82) is 0 Å². The molecule has 116 valence electrons. The van der Waals surface area contributed by atoms with Crippen LogP contribution in [0.3, 0.4) is 0 Å². The number of rotatable bonds is 3. The first-order valence-electron chi connectivity index (χ1n) is 7.19. The molecule has 0 aliphatic heterocycles. The fourth-order valence-corrected chi connectivity index (χ4v) is 2.40. The Morgan fingerprint density at radius 2 is 2.13 bits per heavy atom. The van der Waals surface area contributed by atoms with Gasteiger partial charge in [-0.15, -0.1) is 0 Å². The molecule has 3 rings (SSSR count). The van der Waals surface area contributed by atoms with E-state index in [0.29, 0.717) is 17.6 Å². The fourth-order valence-electron chi connectivity index (χ4n) is 2.40. The highest BCUT2D eigenvalue weighted by Gasteiger charge is 2.17. The lowest BCUT2D eigenvalue weighted by molar-refractivity contribution is 0.0783. The third-order valence-corrected chi connectivity index (χ3v) is 3.60. The van der Waals surface area contributed by atoms with Gasteiger partial charge < -0.3 is 9.88 Å². The van der Waals surface area contributed by atoms with Crippen molar-refractivity contribution >= 4 is 16.9 Å². The molecule has 0 saturated heterocycles. The zero-order valence-electron chi connectivity index (χ0n) is 12.9. The van der Waals surface area contributed by atoms with Crippen molar-refractivity contribution in [2.45, 2.75) is 13.5 Å². The molecule has 0 aromatic carbocycles. The first-order chi connectivity index (χ1) is 11.1. The fraction of sp³-hybridized carbons (Fsp3) is 0.176. The maximum atomic E-state index is 12.5. The Morgan fingerprint density at radius 1 is 1.30 bits per heavy atom. The predicted molar refractivity (Wildman–Crippen MR) is 87.1 cm³/mol. The maximum Gasteiger partial charge on any atom is 0.259 e. The van der Waals surface area contributed by atoms with Crippen molar-refractivity contribution in [1.82, 2.24) is 19.9 Å². The molecule has 0 atom stereocenters. The van der Waals surface area contributed by atoms with Gasteiger partial charge in [0.15, 0.2) is 0 Å². The summed E-state index contributed by atoms with van der Waals surface area (Å²) in [5.74, 6) is -0.336. The third kappa shape index (κ3) is 2.96. The van der Waals surface area contributed by atoms with Crippen molar-refractivity contribution in [2.24, 2.45) is 0 Å². The third-order valence-electron chi connectivity index (χ3n) is 3.60. The van der Waals surface area contributed by atoms with Gasteiger partial charge in [0, 0.05) is 37.9 Å². The highest BCUT2D eigenvalue weighted by Crippen LogP contribution is 2.09. The summed E-state index contributed by atoms with van der Waals surface area (Å²) in [7, 11) is 1.66. The molecular formula is C17H16N4O2. The van der Waals surface area contributed by atoms with Crippen molar-refractivity contribution in [3.8, 4) is 0 Å². The molecule has 3 aromatic rings. The van der Waals surface area contributed by atoms with Gasteiger partial charge in [-0.05, 0) is 30.7 Å².